The van der Waals surface area contributed by atoms with Gasteiger partial charge in [-0.1, -0.05) is 0 Å². The largest absolute Gasteiger partial charge is 0.396 e. The summed E-state index contributed by atoms with van der Waals surface area (Å²) in [6, 6.07) is 2.15. The lowest BCUT2D eigenvalue weighted by atomic mass is 10.3. The first-order valence-corrected chi connectivity index (χ1v) is 4.93. The second kappa shape index (κ2) is 5.26. The molecule has 1 rings (SSSR count). The molecule has 1 aromatic carbocycles. The Morgan fingerprint density at radius 3 is 2.64 bits per heavy atom. The fourth-order valence-electron chi connectivity index (χ4n) is 0.960. The number of rotatable bonds is 4. The van der Waals surface area contributed by atoms with Crippen LogP contribution in [-0.4, -0.2) is 18.3 Å². The van der Waals surface area contributed by atoms with E-state index in [1.54, 1.807) is 0 Å². The molecule has 0 atom stereocenters. The van der Waals surface area contributed by atoms with Crippen molar-refractivity contribution in [3.63, 3.8) is 0 Å². The van der Waals surface area contributed by atoms with Crippen LogP contribution < -0.4 is 5.32 Å². The lowest BCUT2D eigenvalue weighted by Gasteiger charge is -2.07. The molecule has 1 aromatic rings. The van der Waals surface area contributed by atoms with Crippen LogP contribution in [0.25, 0.3) is 0 Å². The fourth-order valence-corrected chi connectivity index (χ4v) is 1.30. The average molecular weight is 266 g/mol. The zero-order valence-corrected chi connectivity index (χ0v) is 8.94. The number of hydrogen-bond donors (Lipinski definition) is 2. The predicted molar refractivity (Wildman–Crippen MR) is 54.3 cm³/mol. The van der Waals surface area contributed by atoms with Gasteiger partial charge < -0.3 is 10.4 Å². The lowest BCUT2D eigenvalue weighted by molar-refractivity contribution is 0.292. The molecule has 0 unspecified atom stereocenters. The second-order valence-electron chi connectivity index (χ2n) is 2.75. The van der Waals surface area contributed by atoms with Crippen LogP contribution in [0.15, 0.2) is 16.6 Å². The van der Waals surface area contributed by atoms with Crippen LogP contribution in [-0.2, 0) is 0 Å². The third-order valence-electron chi connectivity index (χ3n) is 1.66. The summed E-state index contributed by atoms with van der Waals surface area (Å²) in [5.74, 6) is -1.26. The van der Waals surface area contributed by atoms with E-state index >= 15 is 0 Å². The van der Waals surface area contributed by atoms with Crippen LogP contribution in [0, 0.1) is 11.6 Å². The normalized spacial score (nSPS) is 10.3. The highest BCUT2D eigenvalue weighted by Gasteiger charge is 2.06. The van der Waals surface area contributed by atoms with Gasteiger partial charge in [0.2, 0.25) is 0 Å². The Kier molecular flexibility index (Phi) is 4.28. The van der Waals surface area contributed by atoms with Crippen molar-refractivity contribution in [1.29, 1.82) is 0 Å². The van der Waals surface area contributed by atoms with Crippen LogP contribution in [0.4, 0.5) is 14.5 Å². The maximum absolute atomic E-state index is 13.1. The van der Waals surface area contributed by atoms with E-state index in [0.717, 1.165) is 6.07 Å². The van der Waals surface area contributed by atoms with Crippen molar-refractivity contribution in [2.45, 2.75) is 6.42 Å². The molecule has 14 heavy (non-hydrogen) atoms. The highest BCUT2D eigenvalue weighted by atomic mass is 79.9. The number of aliphatic hydroxyl groups excluding tert-OH is 1. The quantitative estimate of drug-likeness (QED) is 0.648. The fraction of sp³-hybridized carbons (Fsp3) is 0.333. The molecule has 0 bridgehead atoms. The van der Waals surface area contributed by atoms with E-state index in [2.05, 4.69) is 21.2 Å². The van der Waals surface area contributed by atoms with E-state index in [-0.39, 0.29) is 16.8 Å². The molecular weight excluding hydrogens is 256 g/mol. The van der Waals surface area contributed by atoms with E-state index in [9.17, 15) is 8.78 Å². The van der Waals surface area contributed by atoms with E-state index in [4.69, 9.17) is 5.11 Å². The van der Waals surface area contributed by atoms with Crippen molar-refractivity contribution in [2.24, 2.45) is 0 Å². The topological polar surface area (TPSA) is 32.3 Å². The van der Waals surface area contributed by atoms with Gasteiger partial charge in [0, 0.05) is 19.2 Å². The molecule has 0 saturated carbocycles. The molecule has 0 radical (unpaired) electrons. The maximum atomic E-state index is 13.1. The van der Waals surface area contributed by atoms with Crippen molar-refractivity contribution in [2.75, 3.05) is 18.5 Å². The zero-order chi connectivity index (χ0) is 10.6. The van der Waals surface area contributed by atoms with Crippen LogP contribution in [0.5, 0.6) is 0 Å². The number of aliphatic hydroxyl groups is 1. The molecule has 0 amide bonds. The number of halogens is 3. The molecule has 2 N–H and O–H groups in total. The average Bonchev–Trinajstić information content (AvgIpc) is 2.14. The second-order valence-corrected chi connectivity index (χ2v) is 3.60. The molecule has 5 heteroatoms. The minimum Gasteiger partial charge on any atom is -0.396 e. The number of anilines is 1. The SMILES string of the molecule is OCCCNc1cc(Br)c(F)cc1F. The first kappa shape index (κ1) is 11.4. The van der Waals surface area contributed by atoms with Gasteiger partial charge in [-0.15, -0.1) is 0 Å². The van der Waals surface area contributed by atoms with Crippen molar-refractivity contribution >= 4 is 21.6 Å². The van der Waals surface area contributed by atoms with Crippen LogP contribution in [0.1, 0.15) is 6.42 Å². The minimum atomic E-state index is -0.636. The van der Waals surface area contributed by atoms with Gasteiger partial charge in [-0.3, -0.25) is 0 Å². The van der Waals surface area contributed by atoms with Crippen LogP contribution >= 0.6 is 15.9 Å². The van der Waals surface area contributed by atoms with Crippen molar-refractivity contribution < 1.29 is 13.9 Å². The Hall–Kier alpha value is -0.680. The Morgan fingerprint density at radius 1 is 1.29 bits per heavy atom. The van der Waals surface area contributed by atoms with Gasteiger partial charge in [-0.2, -0.15) is 0 Å². The van der Waals surface area contributed by atoms with Gasteiger partial charge in [-0.05, 0) is 28.4 Å². The molecule has 0 heterocycles. The predicted octanol–water partition coefficient (Wildman–Crippen LogP) is 2.52. The summed E-state index contributed by atoms with van der Waals surface area (Å²) >= 11 is 2.96. The Labute approximate surface area is 89.1 Å². The summed E-state index contributed by atoms with van der Waals surface area (Å²) in [5.41, 5.74) is 0.228. The van der Waals surface area contributed by atoms with E-state index in [1.807, 2.05) is 0 Å². The van der Waals surface area contributed by atoms with Crippen molar-refractivity contribution in [3.05, 3.63) is 28.2 Å². The summed E-state index contributed by atoms with van der Waals surface area (Å²) in [5, 5.41) is 11.3. The zero-order valence-electron chi connectivity index (χ0n) is 7.36. The van der Waals surface area contributed by atoms with Crippen molar-refractivity contribution in [3.8, 4) is 0 Å². The summed E-state index contributed by atoms with van der Waals surface area (Å²) in [7, 11) is 0. The lowest BCUT2D eigenvalue weighted by Crippen LogP contribution is -2.05. The molecule has 0 fully saturated rings. The molecule has 78 valence electrons. The van der Waals surface area contributed by atoms with Gasteiger partial charge in [0.05, 0.1) is 10.2 Å². The number of benzene rings is 1. The molecule has 0 spiro atoms. The third kappa shape index (κ3) is 2.92. The monoisotopic (exact) mass is 265 g/mol. The standard InChI is InChI=1S/C9H10BrF2NO/c10-6-4-9(13-2-1-3-14)8(12)5-7(6)11/h4-5,13-14H,1-3H2. The highest BCUT2D eigenvalue weighted by Crippen LogP contribution is 2.23. The molecule has 0 aromatic heterocycles. The maximum Gasteiger partial charge on any atom is 0.149 e. The number of hydrogen-bond acceptors (Lipinski definition) is 2. The Morgan fingerprint density at radius 2 is 2.00 bits per heavy atom. The molecule has 0 aliphatic carbocycles. The van der Waals surface area contributed by atoms with Gasteiger partial charge in [0.1, 0.15) is 11.6 Å². The van der Waals surface area contributed by atoms with E-state index in [0.29, 0.717) is 13.0 Å². The van der Waals surface area contributed by atoms with Gasteiger partial charge >= 0.3 is 0 Å². The Balaban J connectivity index is 2.72. The summed E-state index contributed by atoms with van der Waals surface area (Å²) in [6.07, 6.45) is 0.522. The molecule has 0 aliphatic heterocycles. The van der Waals surface area contributed by atoms with Crippen LogP contribution in [0.2, 0.25) is 0 Å². The Bertz CT molecular complexity index is 320. The van der Waals surface area contributed by atoms with Crippen molar-refractivity contribution in [1.82, 2.24) is 0 Å². The third-order valence-corrected chi connectivity index (χ3v) is 2.27. The summed E-state index contributed by atoms with van der Waals surface area (Å²) in [4.78, 5) is 0. The van der Waals surface area contributed by atoms with Gasteiger partial charge in [0.15, 0.2) is 0 Å². The smallest absolute Gasteiger partial charge is 0.149 e. The van der Waals surface area contributed by atoms with Gasteiger partial charge in [0.25, 0.3) is 0 Å². The first-order valence-electron chi connectivity index (χ1n) is 4.14. The minimum absolute atomic E-state index is 0.0387. The summed E-state index contributed by atoms with van der Waals surface area (Å²) < 4.78 is 26.1. The van der Waals surface area contributed by atoms with E-state index in [1.165, 1.54) is 6.07 Å². The van der Waals surface area contributed by atoms with E-state index < -0.39 is 11.6 Å². The molecular formula is C9H10BrF2NO. The number of nitrogens with one attached hydrogen (secondary N) is 1. The first-order chi connectivity index (χ1) is 6.65. The molecule has 2 nitrogen and oxygen atoms in total. The van der Waals surface area contributed by atoms with Crippen LogP contribution in [0.3, 0.4) is 0 Å². The molecule has 0 saturated heterocycles. The molecule has 0 aliphatic rings. The van der Waals surface area contributed by atoms with Gasteiger partial charge in [-0.25, -0.2) is 8.78 Å². The summed E-state index contributed by atoms with van der Waals surface area (Å²) in [6.45, 7) is 0.489. The highest BCUT2D eigenvalue weighted by molar-refractivity contribution is 9.10.